The fourth-order valence-electron chi connectivity index (χ4n) is 3.46. The number of aromatic amines is 1. The lowest BCUT2D eigenvalue weighted by molar-refractivity contribution is -0.115. The van der Waals surface area contributed by atoms with Crippen molar-refractivity contribution in [3.05, 3.63) is 89.5 Å². The molecule has 33 heavy (non-hydrogen) atoms. The van der Waals surface area contributed by atoms with Gasteiger partial charge in [0.2, 0.25) is 5.91 Å². The molecule has 4 aromatic rings. The summed E-state index contributed by atoms with van der Waals surface area (Å²) >= 11 is 5.36. The lowest BCUT2D eigenvalue weighted by atomic mass is 10.0. The molecule has 3 N–H and O–H groups in total. The summed E-state index contributed by atoms with van der Waals surface area (Å²) in [4.78, 5) is 20.3. The maximum absolute atomic E-state index is 12.3. The van der Waals surface area contributed by atoms with E-state index in [1.165, 1.54) is 11.6 Å². The van der Waals surface area contributed by atoms with E-state index in [1.54, 1.807) is 6.08 Å². The minimum absolute atomic E-state index is 0.240. The van der Waals surface area contributed by atoms with Crippen molar-refractivity contribution in [3.8, 4) is 11.4 Å². The number of carbonyl (C=O) groups is 1. The zero-order valence-corrected chi connectivity index (χ0v) is 19.7. The number of carbonyl (C=O) groups excluding carboxylic acids is 1. The van der Waals surface area contributed by atoms with Crippen molar-refractivity contribution in [2.24, 2.45) is 0 Å². The highest BCUT2D eigenvalue weighted by Crippen LogP contribution is 2.25. The minimum Gasteiger partial charge on any atom is -0.338 e. The Balaban J connectivity index is 1.41. The molecule has 3 aromatic carbocycles. The lowest BCUT2D eigenvalue weighted by Crippen LogP contribution is -2.33. The third-order valence-electron chi connectivity index (χ3n) is 5.42. The number of amides is 1. The number of hydrogen-bond acceptors (Lipinski definition) is 3. The number of nitrogens with one attached hydrogen (secondary N) is 3. The maximum atomic E-state index is 12.3. The van der Waals surface area contributed by atoms with Crippen molar-refractivity contribution >= 4 is 46.0 Å². The highest BCUT2D eigenvalue weighted by Gasteiger charge is 2.09. The molecule has 0 aliphatic rings. The Bertz CT molecular complexity index is 1300. The van der Waals surface area contributed by atoms with Crippen LogP contribution < -0.4 is 10.6 Å². The molecule has 0 spiro atoms. The molecule has 0 saturated heterocycles. The highest BCUT2D eigenvalue weighted by atomic mass is 32.1. The predicted molar refractivity (Wildman–Crippen MR) is 140 cm³/mol. The van der Waals surface area contributed by atoms with Crippen LogP contribution in [-0.4, -0.2) is 21.0 Å². The van der Waals surface area contributed by atoms with E-state index in [1.807, 2.05) is 61.5 Å². The van der Waals surface area contributed by atoms with Crippen LogP contribution >= 0.6 is 12.2 Å². The Morgan fingerprint density at radius 2 is 1.82 bits per heavy atom. The first kappa shape index (κ1) is 22.4. The fourth-order valence-corrected chi connectivity index (χ4v) is 3.68. The largest absolute Gasteiger partial charge is 0.338 e. The van der Waals surface area contributed by atoms with Crippen LogP contribution in [-0.2, 0) is 4.79 Å². The maximum Gasteiger partial charge on any atom is 0.250 e. The average molecular weight is 455 g/mol. The normalized spacial score (nSPS) is 11.3. The summed E-state index contributed by atoms with van der Waals surface area (Å²) in [6.07, 6.45) is 3.26. The van der Waals surface area contributed by atoms with Crippen molar-refractivity contribution in [2.45, 2.75) is 26.7 Å². The second kappa shape index (κ2) is 9.79. The second-order valence-electron chi connectivity index (χ2n) is 8.23. The standard InChI is InChI=1S/C27H26N4OS/c1-17(2)20-13-9-19(10-14-20)11-15-25(32)31-27(33)30-24-16-21(12-8-18(24)3)26-28-22-6-4-5-7-23(22)29-26/h4-17H,1-3H3,(H,28,29)(H2,30,31,32,33)/b15-11+. The van der Waals surface area contributed by atoms with Gasteiger partial charge in [-0.1, -0.05) is 62.4 Å². The zero-order chi connectivity index (χ0) is 23.4. The van der Waals surface area contributed by atoms with Crippen LogP contribution in [0, 0.1) is 6.92 Å². The Kier molecular flexibility index (Phi) is 6.66. The molecule has 0 unspecified atom stereocenters. The van der Waals surface area contributed by atoms with Gasteiger partial charge in [0.15, 0.2) is 5.11 Å². The Labute approximate surface area is 199 Å². The molecule has 1 amide bonds. The molecule has 1 aromatic heterocycles. The predicted octanol–water partition coefficient (Wildman–Crippen LogP) is 6.19. The molecule has 0 atom stereocenters. The smallest absolute Gasteiger partial charge is 0.250 e. The monoisotopic (exact) mass is 454 g/mol. The topological polar surface area (TPSA) is 69.8 Å². The Morgan fingerprint density at radius 1 is 1.06 bits per heavy atom. The third-order valence-corrected chi connectivity index (χ3v) is 5.62. The number of para-hydroxylation sites is 2. The van der Waals surface area contributed by atoms with Crippen LogP contribution in [0.5, 0.6) is 0 Å². The van der Waals surface area contributed by atoms with Gasteiger partial charge in [-0.3, -0.25) is 10.1 Å². The summed E-state index contributed by atoms with van der Waals surface area (Å²) in [5.41, 5.74) is 6.87. The number of anilines is 1. The van der Waals surface area contributed by atoms with E-state index >= 15 is 0 Å². The van der Waals surface area contributed by atoms with E-state index in [4.69, 9.17) is 12.2 Å². The number of H-pyrrole nitrogens is 1. The van der Waals surface area contributed by atoms with E-state index in [-0.39, 0.29) is 11.0 Å². The van der Waals surface area contributed by atoms with E-state index in [0.29, 0.717) is 5.92 Å². The number of nitrogens with zero attached hydrogens (tertiary/aromatic N) is 1. The minimum atomic E-state index is -0.286. The number of fused-ring (bicyclic) bond motifs is 1. The van der Waals surface area contributed by atoms with Crippen LogP contribution in [0.3, 0.4) is 0 Å². The van der Waals surface area contributed by atoms with Crippen molar-refractivity contribution in [1.29, 1.82) is 0 Å². The van der Waals surface area contributed by atoms with E-state index in [9.17, 15) is 4.79 Å². The molecule has 0 aliphatic heterocycles. The van der Waals surface area contributed by atoms with E-state index in [2.05, 4.69) is 46.6 Å². The van der Waals surface area contributed by atoms with Crippen LogP contribution in [0.15, 0.2) is 72.8 Å². The summed E-state index contributed by atoms with van der Waals surface area (Å²) in [7, 11) is 0. The molecule has 6 heteroatoms. The first-order valence-corrected chi connectivity index (χ1v) is 11.3. The number of imidazole rings is 1. The number of benzene rings is 3. The number of aromatic nitrogens is 2. The summed E-state index contributed by atoms with van der Waals surface area (Å²) in [5, 5.41) is 6.07. The summed E-state index contributed by atoms with van der Waals surface area (Å²) in [6.45, 7) is 6.29. The molecule has 1 heterocycles. The molecule has 0 aliphatic carbocycles. The molecule has 0 bridgehead atoms. The summed E-state index contributed by atoms with van der Waals surface area (Å²) in [6, 6.07) is 22.0. The van der Waals surface area contributed by atoms with Gasteiger partial charge in [-0.15, -0.1) is 0 Å². The zero-order valence-electron chi connectivity index (χ0n) is 18.8. The number of aryl methyl sites for hydroxylation is 1. The second-order valence-corrected chi connectivity index (χ2v) is 8.64. The first-order chi connectivity index (χ1) is 15.9. The van der Waals surface area contributed by atoms with Crippen molar-refractivity contribution < 1.29 is 4.79 Å². The van der Waals surface area contributed by atoms with Crippen molar-refractivity contribution in [3.63, 3.8) is 0 Å². The van der Waals surface area contributed by atoms with Gasteiger partial charge in [0.05, 0.1) is 11.0 Å². The van der Waals surface area contributed by atoms with Crippen molar-refractivity contribution in [2.75, 3.05) is 5.32 Å². The fraction of sp³-hybridized carbons (Fsp3) is 0.148. The van der Waals surface area contributed by atoms with Gasteiger partial charge in [0, 0.05) is 17.3 Å². The van der Waals surface area contributed by atoms with Gasteiger partial charge < -0.3 is 10.3 Å². The number of hydrogen-bond donors (Lipinski definition) is 3. The third kappa shape index (κ3) is 5.54. The van der Waals surface area contributed by atoms with Gasteiger partial charge in [0.25, 0.3) is 0 Å². The van der Waals surface area contributed by atoms with Gasteiger partial charge in [-0.05, 0) is 66.0 Å². The molecule has 0 fully saturated rings. The molecular formula is C27H26N4OS. The Morgan fingerprint density at radius 3 is 2.55 bits per heavy atom. The van der Waals surface area contributed by atoms with Gasteiger partial charge in [0.1, 0.15) is 5.82 Å². The molecule has 5 nitrogen and oxygen atoms in total. The van der Waals surface area contributed by atoms with E-state index < -0.39 is 0 Å². The average Bonchev–Trinajstić information content (AvgIpc) is 3.23. The quantitative estimate of drug-likeness (QED) is 0.248. The first-order valence-electron chi connectivity index (χ1n) is 10.8. The van der Waals surface area contributed by atoms with Crippen LogP contribution in [0.2, 0.25) is 0 Å². The van der Waals surface area contributed by atoms with Crippen LogP contribution in [0.25, 0.3) is 28.5 Å². The molecule has 0 saturated carbocycles. The molecule has 166 valence electrons. The molecule has 4 rings (SSSR count). The number of rotatable bonds is 5. The molecular weight excluding hydrogens is 428 g/mol. The van der Waals surface area contributed by atoms with Crippen LogP contribution in [0.1, 0.15) is 36.5 Å². The molecule has 0 radical (unpaired) electrons. The number of thiocarbonyl (C=S) groups is 1. The summed E-state index contributed by atoms with van der Waals surface area (Å²) in [5.74, 6) is 0.968. The summed E-state index contributed by atoms with van der Waals surface area (Å²) < 4.78 is 0. The van der Waals surface area contributed by atoms with Gasteiger partial charge in [-0.2, -0.15) is 0 Å². The van der Waals surface area contributed by atoms with Crippen molar-refractivity contribution in [1.82, 2.24) is 15.3 Å². The van der Waals surface area contributed by atoms with Gasteiger partial charge >= 0.3 is 0 Å². The van der Waals surface area contributed by atoms with Gasteiger partial charge in [-0.25, -0.2) is 4.98 Å². The highest BCUT2D eigenvalue weighted by molar-refractivity contribution is 7.80. The lowest BCUT2D eigenvalue weighted by Gasteiger charge is -2.12. The van der Waals surface area contributed by atoms with Crippen LogP contribution in [0.4, 0.5) is 5.69 Å². The SMILES string of the molecule is Cc1ccc(-c2nc3ccccc3[nH]2)cc1NC(=S)NC(=O)/C=C/c1ccc(C(C)C)cc1. The van der Waals surface area contributed by atoms with E-state index in [0.717, 1.165) is 39.2 Å². The Hall–Kier alpha value is -3.77.